The molecule has 1 aromatic heterocycles. The summed E-state index contributed by atoms with van der Waals surface area (Å²) in [6.45, 7) is 2.40. The Morgan fingerprint density at radius 2 is 1.96 bits per heavy atom. The number of piperidine rings is 1. The highest BCUT2D eigenvalue weighted by molar-refractivity contribution is 7.14. The van der Waals surface area contributed by atoms with Crippen LogP contribution in [0.25, 0.3) is 0 Å². The number of benzene rings is 1. The summed E-state index contributed by atoms with van der Waals surface area (Å²) in [5, 5.41) is 11.1. The van der Waals surface area contributed by atoms with Gasteiger partial charge < -0.3 is 20.9 Å². The van der Waals surface area contributed by atoms with Crippen LogP contribution < -0.4 is 16.0 Å². The lowest BCUT2D eigenvalue weighted by Crippen LogP contribution is -2.62. The lowest BCUT2D eigenvalue weighted by atomic mass is 9.92. The fourth-order valence-corrected chi connectivity index (χ4v) is 4.18. The Bertz CT molecular complexity index is 917. The molecule has 1 fully saturated rings. The molecule has 2 aromatic rings. The number of carbonyl (C=O) groups is 3. The van der Waals surface area contributed by atoms with Gasteiger partial charge in [0.1, 0.15) is 11.4 Å². The third-order valence-corrected chi connectivity index (χ3v) is 5.57. The molecule has 3 amide bonds. The van der Waals surface area contributed by atoms with Gasteiger partial charge in [0.05, 0.1) is 5.56 Å². The number of amides is 3. The molecule has 2 aliphatic heterocycles. The summed E-state index contributed by atoms with van der Waals surface area (Å²) in [6.07, 6.45) is 1.20. The molecule has 3 N–H and O–H groups in total. The van der Waals surface area contributed by atoms with Crippen molar-refractivity contribution in [3.8, 4) is 0 Å². The highest BCUT2D eigenvalue weighted by Gasteiger charge is 2.41. The number of fused-ring (bicyclic) bond motifs is 1. The number of likely N-dealkylation sites (tertiary alicyclic amines) is 1. The number of nitrogens with zero attached hydrogens (tertiary/aromatic N) is 2. The van der Waals surface area contributed by atoms with Gasteiger partial charge in [-0.1, -0.05) is 12.1 Å². The largest absolute Gasteiger partial charge is 0.362 e. The normalized spacial score (nSPS) is 17.7. The molecular formula is C18H19N5O3S. The van der Waals surface area contributed by atoms with Crippen LogP contribution in [-0.4, -0.2) is 46.4 Å². The number of para-hydroxylation sites is 1. The van der Waals surface area contributed by atoms with Crippen molar-refractivity contribution < 1.29 is 14.4 Å². The van der Waals surface area contributed by atoms with Crippen molar-refractivity contribution in [3.05, 3.63) is 40.9 Å². The molecule has 4 rings (SSSR count). The molecule has 3 heterocycles. The molecule has 0 radical (unpaired) electrons. The van der Waals surface area contributed by atoms with Crippen LogP contribution in [0.5, 0.6) is 0 Å². The van der Waals surface area contributed by atoms with E-state index >= 15 is 0 Å². The van der Waals surface area contributed by atoms with Crippen LogP contribution in [0.4, 0.5) is 10.8 Å². The lowest BCUT2D eigenvalue weighted by molar-refractivity contribution is -0.114. The van der Waals surface area contributed by atoms with Gasteiger partial charge in [0, 0.05) is 43.9 Å². The van der Waals surface area contributed by atoms with E-state index in [-0.39, 0.29) is 17.7 Å². The minimum absolute atomic E-state index is 0.0939. The number of carbonyl (C=O) groups excluding carboxylic acids is 3. The number of thiazole rings is 1. The Kier molecular flexibility index (Phi) is 4.31. The van der Waals surface area contributed by atoms with Crippen LogP contribution in [-0.2, 0) is 4.79 Å². The Balaban J connectivity index is 1.43. The number of rotatable bonds is 2. The zero-order valence-corrected chi connectivity index (χ0v) is 15.6. The number of nitrogens with one attached hydrogen (secondary N) is 3. The van der Waals surface area contributed by atoms with Crippen LogP contribution in [0.15, 0.2) is 29.6 Å². The molecule has 0 bridgehead atoms. The van der Waals surface area contributed by atoms with E-state index in [1.165, 1.54) is 18.3 Å². The molecule has 27 heavy (non-hydrogen) atoms. The standard InChI is InChI=1S/C18H19N5O3S/c1-11(24)19-17-20-14(10-27-17)16(26)23-8-6-18(7-9-23)21-13-5-3-2-4-12(13)15(25)22-18/h2-5,10,21H,6-9H2,1H3,(H,22,25)(H,19,20,24). The summed E-state index contributed by atoms with van der Waals surface area (Å²) in [7, 11) is 0. The van der Waals surface area contributed by atoms with Gasteiger partial charge in [-0.15, -0.1) is 11.3 Å². The van der Waals surface area contributed by atoms with Crippen molar-refractivity contribution in [2.24, 2.45) is 0 Å². The Morgan fingerprint density at radius 1 is 1.22 bits per heavy atom. The van der Waals surface area contributed by atoms with E-state index < -0.39 is 5.66 Å². The third kappa shape index (κ3) is 3.37. The van der Waals surface area contributed by atoms with Gasteiger partial charge >= 0.3 is 0 Å². The summed E-state index contributed by atoms with van der Waals surface area (Å²) in [4.78, 5) is 42.1. The molecule has 8 nitrogen and oxygen atoms in total. The monoisotopic (exact) mass is 385 g/mol. The van der Waals surface area contributed by atoms with E-state index in [9.17, 15) is 14.4 Å². The highest BCUT2D eigenvalue weighted by atomic mass is 32.1. The molecule has 140 valence electrons. The summed E-state index contributed by atoms with van der Waals surface area (Å²) in [6, 6.07) is 7.42. The Labute approximate surface area is 160 Å². The van der Waals surface area contributed by atoms with Crippen LogP contribution in [0.3, 0.4) is 0 Å². The van der Waals surface area contributed by atoms with Crippen molar-refractivity contribution in [2.75, 3.05) is 23.7 Å². The number of hydrogen-bond acceptors (Lipinski definition) is 6. The van der Waals surface area contributed by atoms with E-state index in [4.69, 9.17) is 0 Å². The smallest absolute Gasteiger partial charge is 0.273 e. The van der Waals surface area contributed by atoms with Crippen molar-refractivity contribution in [1.82, 2.24) is 15.2 Å². The van der Waals surface area contributed by atoms with Gasteiger partial charge in [-0.25, -0.2) is 4.98 Å². The predicted molar refractivity (Wildman–Crippen MR) is 102 cm³/mol. The van der Waals surface area contributed by atoms with E-state index in [2.05, 4.69) is 20.9 Å². The molecule has 0 saturated carbocycles. The average Bonchev–Trinajstić information content (AvgIpc) is 3.09. The molecule has 2 aliphatic rings. The van der Waals surface area contributed by atoms with Crippen molar-refractivity contribution in [1.29, 1.82) is 0 Å². The molecule has 1 spiro atoms. The minimum Gasteiger partial charge on any atom is -0.362 e. The first-order valence-corrected chi connectivity index (χ1v) is 9.56. The molecule has 0 aliphatic carbocycles. The third-order valence-electron chi connectivity index (χ3n) is 4.81. The van der Waals surface area contributed by atoms with Gasteiger partial charge in [0.2, 0.25) is 5.91 Å². The number of aromatic nitrogens is 1. The van der Waals surface area contributed by atoms with Crippen LogP contribution in [0.2, 0.25) is 0 Å². The van der Waals surface area contributed by atoms with E-state index in [0.717, 1.165) is 5.69 Å². The summed E-state index contributed by atoms with van der Waals surface area (Å²) >= 11 is 1.22. The minimum atomic E-state index is -0.536. The lowest BCUT2D eigenvalue weighted by Gasteiger charge is -2.45. The van der Waals surface area contributed by atoms with Crippen molar-refractivity contribution >= 4 is 39.9 Å². The van der Waals surface area contributed by atoms with Crippen LogP contribution in [0.1, 0.15) is 40.6 Å². The molecule has 0 unspecified atom stereocenters. The maximum absolute atomic E-state index is 12.7. The summed E-state index contributed by atoms with van der Waals surface area (Å²) in [5.41, 5.74) is 1.24. The first-order chi connectivity index (χ1) is 13.0. The maximum atomic E-state index is 12.7. The Morgan fingerprint density at radius 3 is 2.70 bits per heavy atom. The number of hydrogen-bond donors (Lipinski definition) is 3. The van der Waals surface area contributed by atoms with Gasteiger partial charge in [-0.3, -0.25) is 14.4 Å². The molecule has 1 saturated heterocycles. The molecule has 0 atom stereocenters. The first kappa shape index (κ1) is 17.5. The van der Waals surface area contributed by atoms with E-state index in [1.54, 1.807) is 16.3 Å². The molecule has 1 aromatic carbocycles. The van der Waals surface area contributed by atoms with E-state index in [0.29, 0.717) is 42.3 Å². The van der Waals surface area contributed by atoms with E-state index in [1.807, 2.05) is 18.2 Å². The fraction of sp³-hybridized carbons (Fsp3) is 0.333. The van der Waals surface area contributed by atoms with Crippen molar-refractivity contribution in [3.63, 3.8) is 0 Å². The highest BCUT2D eigenvalue weighted by Crippen LogP contribution is 2.31. The SMILES string of the molecule is CC(=O)Nc1nc(C(=O)N2CCC3(CC2)NC(=O)c2ccccc2N3)cs1. The Hall–Kier alpha value is -2.94. The zero-order chi connectivity index (χ0) is 19.0. The van der Waals surface area contributed by atoms with Gasteiger partial charge in [-0.05, 0) is 12.1 Å². The molecular weight excluding hydrogens is 366 g/mol. The summed E-state index contributed by atoms with van der Waals surface area (Å²) < 4.78 is 0. The number of anilines is 2. The molecule has 9 heteroatoms. The van der Waals surface area contributed by atoms with Crippen molar-refractivity contribution in [2.45, 2.75) is 25.4 Å². The van der Waals surface area contributed by atoms with Crippen LogP contribution in [0, 0.1) is 0 Å². The van der Waals surface area contributed by atoms with Gasteiger partial charge in [0.25, 0.3) is 11.8 Å². The second kappa shape index (κ2) is 6.66. The summed E-state index contributed by atoms with van der Waals surface area (Å²) in [5.74, 6) is -0.480. The first-order valence-electron chi connectivity index (χ1n) is 8.68. The second-order valence-electron chi connectivity index (χ2n) is 6.72. The fourth-order valence-electron chi connectivity index (χ4n) is 3.45. The zero-order valence-electron chi connectivity index (χ0n) is 14.7. The quantitative estimate of drug-likeness (QED) is 0.732. The van der Waals surface area contributed by atoms with Crippen LogP contribution >= 0.6 is 11.3 Å². The van der Waals surface area contributed by atoms with Gasteiger partial charge in [0.15, 0.2) is 5.13 Å². The second-order valence-corrected chi connectivity index (χ2v) is 7.58. The average molecular weight is 385 g/mol. The van der Waals surface area contributed by atoms with Gasteiger partial charge in [-0.2, -0.15) is 0 Å². The topological polar surface area (TPSA) is 103 Å². The predicted octanol–water partition coefficient (Wildman–Crippen LogP) is 1.89. The maximum Gasteiger partial charge on any atom is 0.273 e.